The van der Waals surface area contributed by atoms with Crippen LogP contribution in [-0.2, 0) is 11.2 Å². The number of hydrogen-bond donors (Lipinski definition) is 2. The molecule has 1 saturated carbocycles. The first-order valence-corrected chi connectivity index (χ1v) is 7.82. The molecule has 1 aromatic heterocycles. The molecule has 0 unspecified atom stereocenters. The van der Waals surface area contributed by atoms with Gasteiger partial charge in [-0.05, 0) is 32.1 Å². The Hall–Kier alpha value is -1.01. The molecule has 1 aliphatic rings. The van der Waals surface area contributed by atoms with Crippen molar-refractivity contribution in [3.8, 4) is 0 Å². The average molecular weight is 283 g/mol. The van der Waals surface area contributed by atoms with Crippen LogP contribution in [0.2, 0.25) is 0 Å². The molecular formula is C13H21N3O2S. The normalized spacial score (nSPS) is 17.6. The zero-order valence-corrected chi connectivity index (χ0v) is 12.1. The highest BCUT2D eigenvalue weighted by atomic mass is 32.1. The Morgan fingerprint density at radius 3 is 2.79 bits per heavy atom. The van der Waals surface area contributed by atoms with Crippen LogP contribution < -0.4 is 5.32 Å². The predicted molar refractivity (Wildman–Crippen MR) is 75.2 cm³/mol. The van der Waals surface area contributed by atoms with E-state index in [0.717, 1.165) is 30.7 Å². The third-order valence-corrected chi connectivity index (χ3v) is 4.43. The van der Waals surface area contributed by atoms with Crippen molar-refractivity contribution in [2.24, 2.45) is 0 Å². The maximum Gasteiger partial charge on any atom is 0.258 e. The smallest absolute Gasteiger partial charge is 0.258 e. The van der Waals surface area contributed by atoms with Gasteiger partial charge in [0, 0.05) is 6.42 Å². The molecule has 0 bridgehead atoms. The number of carbonyl (C=O) groups excluding carboxylic acids is 1. The van der Waals surface area contributed by atoms with Gasteiger partial charge in [-0.25, -0.2) is 0 Å². The number of aliphatic hydroxyl groups is 1. The molecule has 1 heterocycles. The van der Waals surface area contributed by atoms with Crippen LogP contribution in [0.5, 0.6) is 0 Å². The van der Waals surface area contributed by atoms with Gasteiger partial charge in [0.25, 0.3) is 5.91 Å². The summed E-state index contributed by atoms with van der Waals surface area (Å²) in [5, 5.41) is 22.3. The summed E-state index contributed by atoms with van der Waals surface area (Å²) < 4.78 is 0. The van der Waals surface area contributed by atoms with Gasteiger partial charge in [0.1, 0.15) is 10.6 Å². The second-order valence-electron chi connectivity index (χ2n) is 5.15. The lowest BCUT2D eigenvalue weighted by atomic mass is 10.0. The SMILES string of the molecule is CCCCCc1nnc(NC(=O)C2(O)CCCC2)s1. The van der Waals surface area contributed by atoms with E-state index in [2.05, 4.69) is 22.4 Å². The maximum absolute atomic E-state index is 12.0. The third kappa shape index (κ3) is 3.73. The van der Waals surface area contributed by atoms with Gasteiger partial charge in [0.15, 0.2) is 0 Å². The number of hydrogen-bond acceptors (Lipinski definition) is 5. The Labute approximate surface area is 117 Å². The number of aryl methyl sites for hydroxylation is 1. The Morgan fingerprint density at radius 2 is 2.11 bits per heavy atom. The van der Waals surface area contributed by atoms with Crippen molar-refractivity contribution in [1.29, 1.82) is 0 Å². The van der Waals surface area contributed by atoms with Crippen molar-refractivity contribution in [3.05, 3.63) is 5.01 Å². The van der Waals surface area contributed by atoms with Crippen LogP contribution in [0.3, 0.4) is 0 Å². The molecule has 5 nitrogen and oxygen atoms in total. The van der Waals surface area contributed by atoms with Gasteiger partial charge in [-0.3, -0.25) is 10.1 Å². The molecule has 0 aliphatic heterocycles. The lowest BCUT2D eigenvalue weighted by molar-refractivity contribution is -0.133. The highest BCUT2D eigenvalue weighted by Crippen LogP contribution is 2.31. The minimum atomic E-state index is -1.20. The van der Waals surface area contributed by atoms with E-state index in [1.807, 2.05) is 0 Å². The number of carbonyl (C=O) groups is 1. The average Bonchev–Trinajstić information content (AvgIpc) is 3.00. The Balaban J connectivity index is 1.87. The van der Waals surface area contributed by atoms with Gasteiger partial charge in [-0.1, -0.05) is 31.1 Å². The largest absolute Gasteiger partial charge is 0.380 e. The Bertz CT molecular complexity index is 427. The summed E-state index contributed by atoms with van der Waals surface area (Å²) in [6, 6.07) is 0. The zero-order chi connectivity index (χ0) is 13.7. The van der Waals surface area contributed by atoms with Gasteiger partial charge >= 0.3 is 0 Å². The first-order chi connectivity index (χ1) is 9.14. The van der Waals surface area contributed by atoms with Gasteiger partial charge in [0.05, 0.1) is 0 Å². The molecule has 0 atom stereocenters. The number of nitrogens with one attached hydrogen (secondary N) is 1. The summed E-state index contributed by atoms with van der Waals surface area (Å²) in [4.78, 5) is 12.0. The molecule has 106 valence electrons. The van der Waals surface area contributed by atoms with Crippen LogP contribution in [0.25, 0.3) is 0 Å². The minimum absolute atomic E-state index is 0.332. The second-order valence-corrected chi connectivity index (χ2v) is 6.21. The molecule has 2 rings (SSSR count). The van der Waals surface area contributed by atoms with E-state index in [0.29, 0.717) is 18.0 Å². The molecule has 1 fully saturated rings. The van der Waals surface area contributed by atoms with Gasteiger partial charge in [-0.2, -0.15) is 0 Å². The van der Waals surface area contributed by atoms with Crippen molar-refractivity contribution in [1.82, 2.24) is 10.2 Å². The molecule has 0 spiro atoms. The van der Waals surface area contributed by atoms with Crippen LogP contribution in [0, 0.1) is 0 Å². The molecule has 0 aromatic carbocycles. The van der Waals surface area contributed by atoms with Gasteiger partial charge < -0.3 is 5.11 Å². The molecular weight excluding hydrogens is 262 g/mol. The summed E-state index contributed by atoms with van der Waals surface area (Å²) in [6.07, 6.45) is 7.26. The number of rotatable bonds is 6. The van der Waals surface area contributed by atoms with E-state index in [1.54, 1.807) is 0 Å². The summed E-state index contributed by atoms with van der Waals surface area (Å²) in [7, 11) is 0. The molecule has 19 heavy (non-hydrogen) atoms. The number of nitrogens with zero attached hydrogens (tertiary/aromatic N) is 2. The standard InChI is InChI=1S/C13H21N3O2S/c1-2-3-4-7-10-15-16-12(19-10)14-11(17)13(18)8-5-6-9-13/h18H,2-9H2,1H3,(H,14,16,17). The van der Waals surface area contributed by atoms with Crippen molar-refractivity contribution in [2.45, 2.75) is 63.9 Å². The van der Waals surface area contributed by atoms with Crippen molar-refractivity contribution < 1.29 is 9.90 Å². The molecule has 2 N–H and O–H groups in total. The monoisotopic (exact) mass is 283 g/mol. The summed E-state index contributed by atoms with van der Waals surface area (Å²) in [6.45, 7) is 2.16. The van der Waals surface area contributed by atoms with Crippen LogP contribution in [0.4, 0.5) is 5.13 Å². The summed E-state index contributed by atoms with van der Waals surface area (Å²) in [5.41, 5.74) is -1.20. The van der Waals surface area contributed by atoms with E-state index in [4.69, 9.17) is 0 Å². The van der Waals surface area contributed by atoms with Crippen LogP contribution in [0.15, 0.2) is 0 Å². The van der Waals surface area contributed by atoms with E-state index in [9.17, 15) is 9.90 Å². The highest BCUT2D eigenvalue weighted by Gasteiger charge is 2.39. The van der Waals surface area contributed by atoms with Crippen LogP contribution in [0.1, 0.15) is 56.9 Å². The third-order valence-electron chi connectivity index (χ3n) is 3.53. The first kappa shape index (κ1) is 14.4. The molecule has 1 aromatic rings. The van der Waals surface area contributed by atoms with E-state index < -0.39 is 5.60 Å². The lowest BCUT2D eigenvalue weighted by Crippen LogP contribution is -2.40. The molecule has 1 aliphatic carbocycles. The highest BCUT2D eigenvalue weighted by molar-refractivity contribution is 7.15. The molecule has 0 saturated heterocycles. The molecule has 1 amide bonds. The van der Waals surface area contributed by atoms with Crippen molar-refractivity contribution >= 4 is 22.4 Å². The molecule has 0 radical (unpaired) electrons. The Morgan fingerprint density at radius 1 is 1.37 bits per heavy atom. The van der Waals surface area contributed by atoms with Crippen LogP contribution >= 0.6 is 11.3 Å². The number of anilines is 1. The summed E-state index contributed by atoms with van der Waals surface area (Å²) >= 11 is 1.40. The summed E-state index contributed by atoms with van der Waals surface area (Å²) in [5.74, 6) is -0.332. The number of amides is 1. The van der Waals surface area contributed by atoms with Crippen LogP contribution in [-0.4, -0.2) is 26.8 Å². The van der Waals surface area contributed by atoms with Crippen molar-refractivity contribution in [3.63, 3.8) is 0 Å². The van der Waals surface area contributed by atoms with Gasteiger partial charge in [-0.15, -0.1) is 10.2 Å². The fourth-order valence-electron chi connectivity index (χ4n) is 2.33. The second kappa shape index (κ2) is 6.43. The number of unbranched alkanes of at least 4 members (excludes halogenated alkanes) is 2. The minimum Gasteiger partial charge on any atom is -0.380 e. The molecule has 6 heteroatoms. The van der Waals surface area contributed by atoms with E-state index in [1.165, 1.54) is 24.2 Å². The fraction of sp³-hybridized carbons (Fsp3) is 0.769. The van der Waals surface area contributed by atoms with E-state index >= 15 is 0 Å². The van der Waals surface area contributed by atoms with E-state index in [-0.39, 0.29) is 5.91 Å². The van der Waals surface area contributed by atoms with Crippen molar-refractivity contribution in [2.75, 3.05) is 5.32 Å². The van der Waals surface area contributed by atoms with Gasteiger partial charge in [0.2, 0.25) is 5.13 Å². The fourth-order valence-corrected chi connectivity index (χ4v) is 3.11. The number of aromatic nitrogens is 2. The first-order valence-electron chi connectivity index (χ1n) is 7.00. The predicted octanol–water partition coefficient (Wildman–Crippen LogP) is 2.51. The maximum atomic E-state index is 12.0. The Kier molecular flexibility index (Phi) is 4.87. The lowest BCUT2D eigenvalue weighted by Gasteiger charge is -2.19. The quantitative estimate of drug-likeness (QED) is 0.787. The topological polar surface area (TPSA) is 75.1 Å². The zero-order valence-electron chi connectivity index (χ0n) is 11.3.